The van der Waals surface area contributed by atoms with E-state index < -0.39 is 89.3 Å². The van der Waals surface area contributed by atoms with E-state index in [4.69, 9.17) is 14.6 Å². The summed E-state index contributed by atoms with van der Waals surface area (Å²) in [7, 11) is 0. The number of hydrogen-bond acceptors (Lipinski definition) is 14. The lowest BCUT2D eigenvalue weighted by atomic mass is 10.0. The summed E-state index contributed by atoms with van der Waals surface area (Å²) in [6, 6.07) is -2.04. The molecule has 0 aromatic rings. The van der Waals surface area contributed by atoms with Gasteiger partial charge in [-0.2, -0.15) is 0 Å². The summed E-state index contributed by atoms with van der Waals surface area (Å²) < 4.78 is 11.2. The molecule has 2 unspecified atom stereocenters. The Morgan fingerprint density at radius 1 is 0.583 bits per heavy atom. The van der Waals surface area contributed by atoms with Crippen molar-refractivity contribution in [2.24, 2.45) is 0 Å². The van der Waals surface area contributed by atoms with Crippen molar-refractivity contribution in [2.45, 2.75) is 63.5 Å². The highest BCUT2D eigenvalue weighted by Gasteiger charge is 2.37. The van der Waals surface area contributed by atoms with Crippen LogP contribution in [0.5, 0.6) is 0 Å². The third kappa shape index (κ3) is 13.3. The summed E-state index contributed by atoms with van der Waals surface area (Å²) >= 11 is 0. The van der Waals surface area contributed by atoms with Crippen molar-refractivity contribution in [3.8, 4) is 0 Å². The average Bonchev–Trinajstić information content (AvgIpc) is 3.93. The van der Waals surface area contributed by atoms with Gasteiger partial charge >= 0.3 is 5.97 Å². The lowest BCUT2D eigenvalue weighted by molar-refractivity contribution is -0.145. The molecule has 21 nitrogen and oxygen atoms in total. The fourth-order valence-electron chi connectivity index (χ4n) is 6.59. The van der Waals surface area contributed by atoms with Gasteiger partial charge in [0.1, 0.15) is 0 Å². The smallest absolute Gasteiger partial charge is 0.303 e. The van der Waals surface area contributed by atoms with Crippen LogP contribution in [0.1, 0.15) is 51.4 Å². The molecule has 4 rings (SSSR count). The number of carboxylic acids is 1. The number of rotatable bonds is 28. The van der Waals surface area contributed by atoms with Crippen LogP contribution in [0.2, 0.25) is 0 Å². The molecular formula is C39H46N6O15. The minimum Gasteiger partial charge on any atom is -0.481 e. The van der Waals surface area contributed by atoms with E-state index in [2.05, 4.69) is 5.32 Å². The van der Waals surface area contributed by atoms with Crippen molar-refractivity contribution in [3.63, 3.8) is 0 Å². The van der Waals surface area contributed by atoms with Gasteiger partial charge in [0.15, 0.2) is 5.78 Å². The summed E-state index contributed by atoms with van der Waals surface area (Å²) in [6.45, 7) is 0.0511. The number of imide groups is 4. The summed E-state index contributed by atoms with van der Waals surface area (Å²) in [5.74, 6) is -7.21. The van der Waals surface area contributed by atoms with Gasteiger partial charge in [0.25, 0.3) is 47.3 Å². The molecule has 21 heteroatoms. The van der Waals surface area contributed by atoms with Crippen LogP contribution in [0.3, 0.4) is 0 Å². The molecule has 0 saturated heterocycles. The van der Waals surface area contributed by atoms with E-state index in [9.17, 15) is 57.5 Å². The number of carboxylic acid groups (broad SMARTS) is 1. The van der Waals surface area contributed by atoms with Crippen molar-refractivity contribution in [3.05, 3.63) is 48.6 Å². The Labute approximate surface area is 343 Å². The van der Waals surface area contributed by atoms with Crippen molar-refractivity contribution in [1.29, 1.82) is 0 Å². The molecule has 0 aliphatic carbocycles. The normalized spacial score (nSPS) is 17.0. The maximum Gasteiger partial charge on any atom is 0.303 e. The number of carbonyl (C=O) groups is 12. The van der Waals surface area contributed by atoms with E-state index in [0.717, 1.165) is 68.2 Å². The second kappa shape index (κ2) is 22.6. The number of ether oxygens (including phenoxy) is 2. The van der Waals surface area contributed by atoms with Crippen LogP contribution in [0.25, 0.3) is 0 Å². The molecule has 0 aromatic heterocycles. The monoisotopic (exact) mass is 838 g/mol. The first kappa shape index (κ1) is 46.2. The molecule has 2 atom stereocenters. The minimum atomic E-state index is -1.16. The topological polar surface area (TPSA) is 272 Å². The molecule has 4 aliphatic rings. The van der Waals surface area contributed by atoms with Crippen molar-refractivity contribution >= 4 is 70.8 Å². The van der Waals surface area contributed by atoms with Crippen molar-refractivity contribution < 1.29 is 72.1 Å². The first-order valence-corrected chi connectivity index (χ1v) is 19.3. The fraction of sp³-hybridized carbons (Fsp3) is 0.487. The lowest BCUT2D eigenvalue weighted by Crippen LogP contribution is -2.49. The third-order valence-corrected chi connectivity index (χ3v) is 9.69. The van der Waals surface area contributed by atoms with Crippen molar-refractivity contribution in [1.82, 2.24) is 29.8 Å². The second-order valence-electron chi connectivity index (χ2n) is 13.8. The Kier molecular flexibility index (Phi) is 17.4. The lowest BCUT2D eigenvalue weighted by Gasteiger charge is -2.29. The van der Waals surface area contributed by atoms with E-state index in [1.54, 1.807) is 0 Å². The van der Waals surface area contributed by atoms with Crippen LogP contribution in [-0.2, 0) is 67.0 Å². The Morgan fingerprint density at radius 2 is 1.10 bits per heavy atom. The van der Waals surface area contributed by atoms with Crippen LogP contribution in [-0.4, -0.2) is 172 Å². The summed E-state index contributed by atoms with van der Waals surface area (Å²) in [6.07, 6.45) is 8.15. The van der Waals surface area contributed by atoms with Gasteiger partial charge in [-0.25, -0.2) is 0 Å². The maximum absolute atomic E-state index is 13.2. The molecular weight excluding hydrogens is 792 g/mol. The van der Waals surface area contributed by atoms with E-state index in [0.29, 0.717) is 0 Å². The molecule has 2 N–H and O–H groups in total. The molecule has 0 spiro atoms. The van der Waals surface area contributed by atoms with E-state index in [1.807, 2.05) is 0 Å². The Bertz CT molecular complexity index is 1810. The Balaban J connectivity index is 1.16. The van der Waals surface area contributed by atoms with Gasteiger partial charge in [-0.15, -0.1) is 0 Å². The van der Waals surface area contributed by atoms with Gasteiger partial charge in [-0.3, -0.25) is 77.1 Å². The SMILES string of the molecule is O=C(O)CCC(=O)N(CCOCCCC(=O)C(CCCN1C(=O)C=CC1=O)N1C(=O)C=CC1=O)CCOCCNC(=O)CCC(CN1C(=O)C=CC1=O)N1C(=O)C=CC1=O. The van der Waals surface area contributed by atoms with Crippen LogP contribution < -0.4 is 5.32 Å². The largest absolute Gasteiger partial charge is 0.481 e. The number of ketones is 1. The van der Waals surface area contributed by atoms with Crippen LogP contribution in [0, 0.1) is 0 Å². The second-order valence-corrected chi connectivity index (χ2v) is 13.8. The Morgan fingerprint density at radius 3 is 1.67 bits per heavy atom. The molecule has 10 amide bonds. The number of nitrogens with zero attached hydrogens (tertiary/aromatic N) is 5. The fourth-order valence-corrected chi connectivity index (χ4v) is 6.59. The predicted octanol–water partition coefficient (Wildman–Crippen LogP) is -1.82. The van der Waals surface area contributed by atoms with Gasteiger partial charge in [0.05, 0.1) is 44.9 Å². The number of nitrogens with one attached hydrogen (secondary N) is 1. The molecule has 0 saturated carbocycles. The van der Waals surface area contributed by atoms with Crippen LogP contribution >= 0.6 is 0 Å². The zero-order valence-corrected chi connectivity index (χ0v) is 32.7. The van der Waals surface area contributed by atoms with Gasteiger partial charge < -0.3 is 24.8 Å². The first-order valence-electron chi connectivity index (χ1n) is 19.3. The zero-order chi connectivity index (χ0) is 43.8. The summed E-state index contributed by atoms with van der Waals surface area (Å²) in [5, 5.41) is 11.7. The number of hydrogen-bond donors (Lipinski definition) is 2. The maximum atomic E-state index is 13.2. The summed E-state index contributed by atoms with van der Waals surface area (Å²) in [4.78, 5) is 152. The number of amides is 10. The number of Topliss-reactive ketones (excluding diaryl/α,β-unsaturated/α-hetero) is 1. The molecule has 0 aromatic carbocycles. The Hall–Kier alpha value is -6.48. The first-order chi connectivity index (χ1) is 28.7. The van der Waals surface area contributed by atoms with Crippen molar-refractivity contribution in [2.75, 3.05) is 59.2 Å². The van der Waals surface area contributed by atoms with E-state index in [1.165, 1.54) is 4.90 Å². The highest BCUT2D eigenvalue weighted by molar-refractivity contribution is 6.16. The van der Waals surface area contributed by atoms with E-state index >= 15 is 0 Å². The molecule has 4 aliphatic heterocycles. The molecule has 4 heterocycles. The van der Waals surface area contributed by atoms with E-state index in [-0.39, 0.29) is 104 Å². The van der Waals surface area contributed by atoms with Gasteiger partial charge in [0.2, 0.25) is 11.8 Å². The molecule has 322 valence electrons. The van der Waals surface area contributed by atoms with Gasteiger partial charge in [-0.1, -0.05) is 0 Å². The summed E-state index contributed by atoms with van der Waals surface area (Å²) in [5.41, 5.74) is 0. The predicted molar refractivity (Wildman–Crippen MR) is 202 cm³/mol. The number of aliphatic carboxylic acids is 1. The highest BCUT2D eigenvalue weighted by Crippen LogP contribution is 2.19. The quantitative estimate of drug-likeness (QED) is 0.0649. The standard InChI is InChI=1S/C39H46N6O15/c46-28(27(45-37(55)13-14-38(45)56)3-1-18-42-31(49)7-8-32(42)50)4-2-21-59-23-19-41(30(48)15-16-39(57)58)20-24-60-22-17-40-29(47)6-5-26(44-35(53)11-12-36(44)54)25-43-33(51)9-10-34(43)52/h7-14,26-27H,1-6,15-25H2,(H,40,47)(H,57,58). The third-order valence-electron chi connectivity index (χ3n) is 9.69. The van der Waals surface area contributed by atoms with Gasteiger partial charge in [0, 0.05) is 101 Å². The highest BCUT2D eigenvalue weighted by atomic mass is 16.5. The molecule has 0 radical (unpaired) electrons. The van der Waals surface area contributed by atoms with Crippen LogP contribution in [0.4, 0.5) is 0 Å². The zero-order valence-electron chi connectivity index (χ0n) is 32.7. The molecule has 0 bridgehead atoms. The minimum absolute atomic E-state index is 0.00659. The van der Waals surface area contributed by atoms with Gasteiger partial charge in [-0.05, 0) is 25.7 Å². The number of carbonyl (C=O) groups excluding carboxylic acids is 11. The molecule has 60 heavy (non-hydrogen) atoms. The average molecular weight is 839 g/mol. The van der Waals surface area contributed by atoms with Crippen LogP contribution in [0.15, 0.2) is 48.6 Å². The molecule has 0 fully saturated rings.